The van der Waals surface area contributed by atoms with Crippen LogP contribution in [-0.4, -0.2) is 16.8 Å². The molecule has 1 aliphatic rings. The molecule has 1 heterocycles. The predicted molar refractivity (Wildman–Crippen MR) is 121 cm³/mol. The summed E-state index contributed by atoms with van der Waals surface area (Å²) in [5, 5.41) is 11.4. The highest BCUT2D eigenvalue weighted by molar-refractivity contribution is 14.1. The maximum Gasteiger partial charge on any atom is 0.264 e. The van der Waals surface area contributed by atoms with Crippen molar-refractivity contribution in [2.24, 2.45) is 0 Å². The van der Waals surface area contributed by atoms with Crippen LogP contribution in [0.4, 0.5) is 5.69 Å². The molecule has 1 atom stereocenters. The van der Waals surface area contributed by atoms with E-state index in [0.29, 0.717) is 23.4 Å². The number of aryl methyl sites for hydroxylation is 1. The van der Waals surface area contributed by atoms with Crippen LogP contribution in [0, 0.1) is 10.5 Å². The summed E-state index contributed by atoms with van der Waals surface area (Å²) in [4.78, 5) is 27.8. The van der Waals surface area contributed by atoms with E-state index in [1.165, 1.54) is 0 Å². The number of aliphatic hydroxyl groups is 1. The maximum absolute atomic E-state index is 13.3. The van der Waals surface area contributed by atoms with Crippen LogP contribution < -0.4 is 4.90 Å². The summed E-state index contributed by atoms with van der Waals surface area (Å²) < 4.78 is 1.02. The fourth-order valence-electron chi connectivity index (χ4n) is 3.76. The lowest BCUT2D eigenvalue weighted by Crippen LogP contribution is -2.41. The molecule has 0 aliphatic carbocycles. The number of para-hydroxylation sites is 1. The fourth-order valence-corrected chi connectivity index (χ4v) is 4.12. The molecule has 0 spiro atoms. The van der Waals surface area contributed by atoms with E-state index in [1.54, 1.807) is 29.2 Å². The first kappa shape index (κ1) is 19.8. The number of benzene rings is 3. The molecular formula is C24H20INO3. The van der Waals surface area contributed by atoms with Crippen molar-refractivity contribution in [3.05, 3.63) is 98.6 Å². The molecule has 0 aromatic heterocycles. The molecule has 4 nitrogen and oxygen atoms in total. The van der Waals surface area contributed by atoms with Crippen LogP contribution in [0.3, 0.4) is 0 Å². The molecule has 0 fully saturated rings. The number of anilines is 1. The zero-order valence-electron chi connectivity index (χ0n) is 15.9. The number of hydrogen-bond acceptors (Lipinski definition) is 3. The third-order valence-electron chi connectivity index (χ3n) is 5.41. The van der Waals surface area contributed by atoms with Gasteiger partial charge in [0.2, 0.25) is 0 Å². The highest BCUT2D eigenvalue weighted by Crippen LogP contribution is 2.43. The van der Waals surface area contributed by atoms with Crippen molar-refractivity contribution in [2.45, 2.75) is 25.5 Å². The first-order valence-electron chi connectivity index (χ1n) is 9.37. The third-order valence-corrected chi connectivity index (χ3v) is 6.13. The Morgan fingerprint density at radius 3 is 2.38 bits per heavy atom. The molecule has 0 bridgehead atoms. The van der Waals surface area contributed by atoms with Crippen LogP contribution in [0.1, 0.15) is 33.5 Å². The van der Waals surface area contributed by atoms with Crippen molar-refractivity contribution in [3.8, 4) is 0 Å². The molecule has 29 heavy (non-hydrogen) atoms. The molecule has 1 aliphatic heterocycles. The van der Waals surface area contributed by atoms with E-state index < -0.39 is 11.5 Å². The minimum atomic E-state index is -1.86. The van der Waals surface area contributed by atoms with E-state index in [9.17, 15) is 14.7 Å². The number of carbonyl (C=O) groups is 2. The zero-order valence-corrected chi connectivity index (χ0v) is 18.1. The Balaban J connectivity index is 1.69. The van der Waals surface area contributed by atoms with Crippen LogP contribution in [-0.2, 0) is 16.9 Å². The minimum absolute atomic E-state index is 0.259. The summed E-state index contributed by atoms with van der Waals surface area (Å²) >= 11 is 2.17. The van der Waals surface area contributed by atoms with E-state index in [0.717, 1.165) is 14.7 Å². The summed E-state index contributed by atoms with van der Waals surface area (Å²) in [7, 11) is 0. The number of hydrogen-bond donors (Lipinski definition) is 1. The van der Waals surface area contributed by atoms with Gasteiger partial charge in [-0.3, -0.25) is 9.59 Å². The van der Waals surface area contributed by atoms with Gasteiger partial charge >= 0.3 is 0 Å². The molecule has 0 radical (unpaired) electrons. The van der Waals surface area contributed by atoms with Crippen molar-refractivity contribution < 1.29 is 14.7 Å². The van der Waals surface area contributed by atoms with Crippen molar-refractivity contribution in [2.75, 3.05) is 4.90 Å². The molecule has 146 valence electrons. The standard InChI is InChI=1S/C24H20INO3/c1-16-6-2-3-7-18(16)15-26-21-9-5-4-8-20(21)24(29,23(26)28)14-22(27)17-10-12-19(25)13-11-17/h2-13,29H,14-15H2,1H3/t24-/m1/s1. The lowest BCUT2D eigenvalue weighted by atomic mass is 9.88. The highest BCUT2D eigenvalue weighted by Gasteiger charge is 2.50. The summed E-state index contributed by atoms with van der Waals surface area (Å²) in [5.41, 5.74) is 1.84. The van der Waals surface area contributed by atoms with Crippen molar-refractivity contribution in [1.82, 2.24) is 0 Å². The van der Waals surface area contributed by atoms with Crippen LogP contribution in [0.25, 0.3) is 0 Å². The van der Waals surface area contributed by atoms with Crippen LogP contribution in [0.2, 0.25) is 0 Å². The van der Waals surface area contributed by atoms with Gasteiger partial charge in [0.05, 0.1) is 18.7 Å². The Morgan fingerprint density at radius 1 is 1.00 bits per heavy atom. The van der Waals surface area contributed by atoms with Gasteiger partial charge in [0, 0.05) is 14.7 Å². The van der Waals surface area contributed by atoms with Gasteiger partial charge in [-0.15, -0.1) is 0 Å². The number of fused-ring (bicyclic) bond motifs is 1. The van der Waals surface area contributed by atoms with E-state index in [-0.39, 0.29) is 12.2 Å². The van der Waals surface area contributed by atoms with Gasteiger partial charge in [0.25, 0.3) is 5.91 Å². The van der Waals surface area contributed by atoms with E-state index in [2.05, 4.69) is 22.6 Å². The Bertz CT molecular complexity index is 1090. The lowest BCUT2D eigenvalue weighted by Gasteiger charge is -2.23. The Hall–Kier alpha value is -2.51. The average molecular weight is 497 g/mol. The third kappa shape index (κ3) is 3.60. The normalized spacial score (nSPS) is 18.0. The molecule has 0 saturated carbocycles. The topological polar surface area (TPSA) is 57.6 Å². The second-order valence-electron chi connectivity index (χ2n) is 7.30. The SMILES string of the molecule is Cc1ccccc1CN1C(=O)[C@@](O)(CC(=O)c2ccc(I)cc2)c2ccccc21. The number of carbonyl (C=O) groups excluding carboxylic acids is 2. The van der Waals surface area contributed by atoms with E-state index >= 15 is 0 Å². The second-order valence-corrected chi connectivity index (χ2v) is 8.55. The van der Waals surface area contributed by atoms with E-state index in [1.807, 2.05) is 55.5 Å². The summed E-state index contributed by atoms with van der Waals surface area (Å²) in [6.45, 7) is 2.34. The largest absolute Gasteiger partial charge is 0.375 e. The molecule has 0 saturated heterocycles. The quantitative estimate of drug-likeness (QED) is 0.414. The van der Waals surface area contributed by atoms with Crippen molar-refractivity contribution in [1.29, 1.82) is 0 Å². The van der Waals surface area contributed by atoms with Gasteiger partial charge in [-0.05, 0) is 58.8 Å². The maximum atomic E-state index is 13.3. The molecule has 4 rings (SSSR count). The van der Waals surface area contributed by atoms with Crippen LogP contribution >= 0.6 is 22.6 Å². The van der Waals surface area contributed by atoms with Crippen LogP contribution in [0.15, 0.2) is 72.8 Å². The number of Topliss-reactive ketones (excluding diaryl/α,β-unsaturated/α-hetero) is 1. The molecule has 0 unspecified atom stereocenters. The Kier molecular flexibility index (Phi) is 5.27. The van der Waals surface area contributed by atoms with Crippen molar-refractivity contribution >= 4 is 40.0 Å². The molecule has 3 aromatic rings. The number of halogens is 1. The number of rotatable bonds is 5. The predicted octanol–water partition coefficient (Wildman–Crippen LogP) is 4.61. The number of nitrogens with zero attached hydrogens (tertiary/aromatic N) is 1. The molecular weight excluding hydrogens is 477 g/mol. The van der Waals surface area contributed by atoms with Gasteiger partial charge < -0.3 is 10.0 Å². The first-order valence-corrected chi connectivity index (χ1v) is 10.4. The number of amides is 1. The second kappa shape index (κ2) is 7.72. The molecule has 1 amide bonds. The van der Waals surface area contributed by atoms with Crippen LogP contribution in [0.5, 0.6) is 0 Å². The molecule has 1 N–H and O–H groups in total. The smallest absolute Gasteiger partial charge is 0.264 e. The van der Waals surface area contributed by atoms with Gasteiger partial charge in [0.15, 0.2) is 11.4 Å². The van der Waals surface area contributed by atoms with Crippen molar-refractivity contribution in [3.63, 3.8) is 0 Å². The number of ketones is 1. The van der Waals surface area contributed by atoms with Gasteiger partial charge in [-0.1, -0.05) is 54.6 Å². The molecule has 5 heteroatoms. The minimum Gasteiger partial charge on any atom is -0.375 e. The summed E-state index contributed by atoms with van der Waals surface area (Å²) in [5.74, 6) is -0.717. The Morgan fingerprint density at radius 2 is 1.66 bits per heavy atom. The molecule has 3 aromatic carbocycles. The summed E-state index contributed by atoms with van der Waals surface area (Å²) in [6.07, 6.45) is -0.284. The van der Waals surface area contributed by atoms with Gasteiger partial charge in [-0.25, -0.2) is 0 Å². The van der Waals surface area contributed by atoms with E-state index in [4.69, 9.17) is 0 Å². The fraction of sp³-hybridized carbons (Fsp3) is 0.167. The van der Waals surface area contributed by atoms with Gasteiger partial charge in [-0.2, -0.15) is 0 Å². The average Bonchev–Trinajstić information content (AvgIpc) is 2.92. The monoisotopic (exact) mass is 497 g/mol. The first-order chi connectivity index (χ1) is 13.9. The zero-order chi connectivity index (χ0) is 20.6. The lowest BCUT2D eigenvalue weighted by molar-refractivity contribution is -0.136. The Labute approximate surface area is 183 Å². The summed E-state index contributed by atoms with van der Waals surface area (Å²) in [6, 6.07) is 22.1. The highest BCUT2D eigenvalue weighted by atomic mass is 127. The van der Waals surface area contributed by atoms with Gasteiger partial charge in [0.1, 0.15) is 0 Å².